The maximum absolute atomic E-state index is 6.60. The van der Waals surface area contributed by atoms with Crippen LogP contribution in [-0.2, 0) is 0 Å². The Morgan fingerprint density at radius 1 is 0.333 bits per heavy atom. The molecule has 0 bridgehead atoms. The molecule has 0 saturated heterocycles. The summed E-state index contributed by atoms with van der Waals surface area (Å²) in [5.41, 5.74) is 6.61. The molecule has 0 unspecified atom stereocenters. The minimum atomic E-state index is -2.73. The van der Waals surface area contributed by atoms with Gasteiger partial charge in [0.25, 0.3) is 0 Å². The van der Waals surface area contributed by atoms with Crippen LogP contribution in [0.4, 0.5) is 0 Å². The van der Waals surface area contributed by atoms with Crippen molar-refractivity contribution in [3.05, 3.63) is 224 Å². The molecule has 0 aliphatic heterocycles. The topological polar surface area (TPSA) is 51.8 Å². The Kier molecular flexibility index (Phi) is 8.99. The molecule has 0 aliphatic carbocycles. The lowest BCUT2D eigenvalue weighted by Crippen LogP contribution is -2.74. The summed E-state index contributed by atoms with van der Waals surface area (Å²) >= 11 is 1.81. The number of benzene rings is 9. The van der Waals surface area contributed by atoms with Crippen LogP contribution in [0, 0.1) is 0 Å². The smallest absolute Gasteiger partial charge is 0.179 e. The van der Waals surface area contributed by atoms with Crippen molar-refractivity contribution in [2.75, 3.05) is 0 Å². The lowest BCUT2D eigenvalue weighted by atomic mass is 10.0. The Balaban J connectivity index is 1.04. The molecule has 3 heterocycles. The zero-order valence-electron chi connectivity index (χ0n) is 34.0. The second kappa shape index (κ2) is 15.3. The summed E-state index contributed by atoms with van der Waals surface area (Å²) in [7, 11) is -2.73. The minimum Gasteiger partial charge on any atom is -0.456 e. The van der Waals surface area contributed by atoms with E-state index in [1.165, 1.54) is 40.9 Å². The van der Waals surface area contributed by atoms with Gasteiger partial charge in [0.05, 0.1) is 0 Å². The van der Waals surface area contributed by atoms with E-state index >= 15 is 0 Å². The van der Waals surface area contributed by atoms with Crippen LogP contribution in [0.3, 0.4) is 0 Å². The number of hydrogen-bond acceptors (Lipinski definition) is 5. The van der Waals surface area contributed by atoms with Gasteiger partial charge in [-0.2, -0.15) is 0 Å². The van der Waals surface area contributed by atoms with Crippen LogP contribution in [0.1, 0.15) is 0 Å². The van der Waals surface area contributed by atoms with Crippen molar-refractivity contribution in [3.63, 3.8) is 0 Å². The fourth-order valence-corrected chi connectivity index (χ4v) is 15.3. The largest absolute Gasteiger partial charge is 0.456 e. The molecular weight excluding hydrogens is 803 g/mol. The fourth-order valence-electron chi connectivity index (χ4n) is 9.40. The highest BCUT2D eigenvalue weighted by molar-refractivity contribution is 7.25. The highest BCUT2D eigenvalue weighted by atomic mass is 32.1. The van der Waals surface area contributed by atoms with Gasteiger partial charge in [0, 0.05) is 47.6 Å². The Morgan fingerprint density at radius 3 is 1.57 bits per heavy atom. The van der Waals surface area contributed by atoms with E-state index < -0.39 is 8.07 Å². The van der Waals surface area contributed by atoms with E-state index in [0.717, 1.165) is 49.8 Å². The summed E-state index contributed by atoms with van der Waals surface area (Å²) < 4.78 is 9.11. The second-order valence-corrected chi connectivity index (χ2v) is 20.8. The van der Waals surface area contributed by atoms with Gasteiger partial charge in [0.1, 0.15) is 11.2 Å². The third kappa shape index (κ3) is 6.30. The highest BCUT2D eigenvalue weighted by Crippen LogP contribution is 2.40. The summed E-state index contributed by atoms with van der Waals surface area (Å²) in [6, 6.07) is 80.4. The molecule has 0 radical (unpaired) electrons. The van der Waals surface area contributed by atoms with Crippen molar-refractivity contribution < 1.29 is 4.42 Å². The van der Waals surface area contributed by atoms with E-state index in [9.17, 15) is 0 Å². The predicted molar refractivity (Wildman–Crippen MR) is 265 cm³/mol. The number of hydrogen-bond donors (Lipinski definition) is 0. The molecule has 0 fully saturated rings. The van der Waals surface area contributed by atoms with Gasteiger partial charge in [0.15, 0.2) is 25.5 Å². The second-order valence-electron chi connectivity index (χ2n) is 15.9. The molecule has 296 valence electrons. The molecule has 0 spiro atoms. The molecule has 0 saturated carbocycles. The van der Waals surface area contributed by atoms with Gasteiger partial charge >= 0.3 is 0 Å². The maximum atomic E-state index is 6.60. The standard InChI is InChI=1S/C57H37N3OSSi/c1-5-17-38(18-6-1)55-58-56(41-32-34-53-48(37-41)46-27-13-14-30-52(46)62-53)60-57(59-55)47-28-16-29-51-54(47)49-36-40(31-33-50(49)61-51)39-19-15-26-45(35-39)63(42-20-7-2-8-21-42,43-22-9-3-10-23-43)44-24-11-4-12-25-44/h1-37H. The monoisotopic (exact) mass is 839 g/mol. The van der Waals surface area contributed by atoms with Crippen LogP contribution in [0.25, 0.3) is 87.4 Å². The normalized spacial score (nSPS) is 11.8. The first-order chi connectivity index (χ1) is 31.2. The van der Waals surface area contributed by atoms with Crippen molar-refractivity contribution in [2.24, 2.45) is 0 Å². The van der Waals surface area contributed by atoms with Crippen LogP contribution in [-0.4, -0.2) is 23.0 Å². The van der Waals surface area contributed by atoms with Crippen LogP contribution in [0.15, 0.2) is 229 Å². The predicted octanol–water partition coefficient (Wildman–Crippen LogP) is 12.2. The number of aromatic nitrogens is 3. The first-order valence-electron chi connectivity index (χ1n) is 21.2. The molecular formula is C57H37N3OSSi. The minimum absolute atomic E-state index is 0.596. The lowest BCUT2D eigenvalue weighted by molar-refractivity contribution is 0.669. The summed E-state index contributed by atoms with van der Waals surface area (Å²) in [5.74, 6) is 1.84. The van der Waals surface area contributed by atoms with E-state index in [1.54, 1.807) is 11.3 Å². The van der Waals surface area contributed by atoms with Crippen LogP contribution < -0.4 is 20.7 Å². The van der Waals surface area contributed by atoms with Crippen molar-refractivity contribution in [2.45, 2.75) is 0 Å². The van der Waals surface area contributed by atoms with Crippen LogP contribution in [0.5, 0.6) is 0 Å². The van der Waals surface area contributed by atoms with E-state index in [2.05, 4.69) is 194 Å². The SMILES string of the molecule is c1ccc(-c2nc(-c3ccc4sc5ccccc5c4c3)nc(-c3cccc4oc5ccc(-c6cccc([Si](c7ccccc7)(c7ccccc7)c7ccccc7)c6)cc5c34)n2)cc1. The van der Waals surface area contributed by atoms with Gasteiger partial charge in [-0.25, -0.2) is 15.0 Å². The van der Waals surface area contributed by atoms with Crippen LogP contribution >= 0.6 is 11.3 Å². The number of furan rings is 1. The first kappa shape index (κ1) is 37.0. The van der Waals surface area contributed by atoms with Gasteiger partial charge < -0.3 is 4.42 Å². The molecule has 6 heteroatoms. The average molecular weight is 840 g/mol. The van der Waals surface area contributed by atoms with E-state index in [-0.39, 0.29) is 0 Å². The number of rotatable bonds is 8. The van der Waals surface area contributed by atoms with Gasteiger partial charge in [-0.05, 0) is 74.3 Å². The van der Waals surface area contributed by atoms with E-state index in [4.69, 9.17) is 19.4 Å². The highest BCUT2D eigenvalue weighted by Gasteiger charge is 2.41. The Morgan fingerprint density at radius 2 is 0.857 bits per heavy atom. The molecule has 4 nitrogen and oxygen atoms in total. The zero-order chi connectivity index (χ0) is 41.7. The Labute approximate surface area is 369 Å². The summed E-state index contributed by atoms with van der Waals surface area (Å²) in [4.78, 5) is 15.6. The number of fused-ring (bicyclic) bond motifs is 6. The van der Waals surface area contributed by atoms with Gasteiger partial charge in [0.2, 0.25) is 0 Å². The third-order valence-electron chi connectivity index (χ3n) is 12.3. The van der Waals surface area contributed by atoms with Crippen molar-refractivity contribution in [1.82, 2.24) is 15.0 Å². The molecule has 12 rings (SSSR count). The number of nitrogens with zero attached hydrogens (tertiary/aromatic N) is 3. The van der Waals surface area contributed by atoms with Crippen molar-refractivity contribution >= 4 is 82.3 Å². The quantitative estimate of drug-likeness (QED) is 0.113. The molecule has 63 heavy (non-hydrogen) atoms. The zero-order valence-corrected chi connectivity index (χ0v) is 35.8. The van der Waals surface area contributed by atoms with Crippen LogP contribution in [0.2, 0.25) is 0 Å². The molecule has 0 N–H and O–H groups in total. The first-order valence-corrected chi connectivity index (χ1v) is 24.0. The molecule has 3 aromatic heterocycles. The fraction of sp³-hybridized carbons (Fsp3) is 0. The Hall–Kier alpha value is -7.77. The van der Waals surface area contributed by atoms with Crippen molar-refractivity contribution in [1.29, 1.82) is 0 Å². The van der Waals surface area contributed by atoms with Gasteiger partial charge in [-0.3, -0.25) is 0 Å². The number of thiophene rings is 1. The summed E-state index contributed by atoms with van der Waals surface area (Å²) in [6.07, 6.45) is 0. The molecule has 0 atom stereocenters. The van der Waals surface area contributed by atoms with E-state index in [0.29, 0.717) is 17.5 Å². The summed E-state index contributed by atoms with van der Waals surface area (Å²) in [5, 5.41) is 9.77. The van der Waals surface area contributed by atoms with Gasteiger partial charge in [-0.1, -0.05) is 182 Å². The summed E-state index contributed by atoms with van der Waals surface area (Å²) in [6.45, 7) is 0. The van der Waals surface area contributed by atoms with Crippen molar-refractivity contribution in [3.8, 4) is 45.3 Å². The van der Waals surface area contributed by atoms with E-state index in [1.807, 2.05) is 30.3 Å². The lowest BCUT2D eigenvalue weighted by Gasteiger charge is -2.34. The maximum Gasteiger partial charge on any atom is 0.179 e. The molecule has 0 aliphatic rings. The molecule has 9 aromatic carbocycles. The molecule has 0 amide bonds. The molecule has 12 aromatic rings. The average Bonchev–Trinajstić information content (AvgIpc) is 3.93. The third-order valence-corrected chi connectivity index (χ3v) is 18.2. The Bertz CT molecular complexity index is 3530. The van der Waals surface area contributed by atoms with Gasteiger partial charge in [-0.15, -0.1) is 11.3 Å².